The maximum Gasteiger partial charge on any atom is 0.284 e. The zero-order chi connectivity index (χ0) is 16.0. The largest absolute Gasteiger partial charge is 0.352 e. The van der Waals surface area contributed by atoms with E-state index in [9.17, 15) is 14.9 Å². The molecule has 1 aromatic rings. The summed E-state index contributed by atoms with van der Waals surface area (Å²) < 4.78 is 0.215. The third kappa shape index (κ3) is 5.09. The van der Waals surface area contributed by atoms with Crippen LogP contribution in [-0.4, -0.2) is 41.9 Å². The highest BCUT2D eigenvalue weighted by atomic mass is 79.9. The smallest absolute Gasteiger partial charge is 0.284 e. The number of amides is 1. The summed E-state index contributed by atoms with van der Waals surface area (Å²) in [5.41, 5.74) is 0.170. The lowest BCUT2D eigenvalue weighted by Gasteiger charge is -2.20. The Morgan fingerprint density at radius 3 is 2.71 bits per heavy atom. The Hall–Kier alpha value is -1.47. The molecule has 21 heavy (non-hydrogen) atoms. The van der Waals surface area contributed by atoms with Gasteiger partial charge in [0, 0.05) is 18.7 Å². The topological polar surface area (TPSA) is 75.5 Å². The molecule has 1 rings (SSSR count). The van der Waals surface area contributed by atoms with Gasteiger partial charge in [0.05, 0.1) is 10.5 Å². The molecule has 0 aliphatic carbocycles. The lowest BCUT2D eigenvalue weighted by molar-refractivity contribution is -0.385. The summed E-state index contributed by atoms with van der Waals surface area (Å²) in [5, 5.41) is 13.6. The van der Waals surface area contributed by atoms with E-state index in [2.05, 4.69) is 40.0 Å². The lowest BCUT2D eigenvalue weighted by atomic mass is 10.2. The maximum absolute atomic E-state index is 12.0. The van der Waals surface area contributed by atoms with E-state index in [4.69, 9.17) is 0 Å². The van der Waals surface area contributed by atoms with E-state index in [1.807, 2.05) is 7.05 Å². The molecular formula is C14H20BrN3O3. The van der Waals surface area contributed by atoms with Gasteiger partial charge in [-0.25, -0.2) is 0 Å². The predicted octanol–water partition coefficient (Wildman–Crippen LogP) is 2.82. The molecule has 0 aliphatic rings. The van der Waals surface area contributed by atoms with E-state index in [0.29, 0.717) is 12.6 Å². The SMILES string of the molecule is CC(C)N(C)CCCNC(=O)c1cccc([N+](=O)[O-])c1Br. The maximum atomic E-state index is 12.0. The quantitative estimate of drug-likeness (QED) is 0.462. The van der Waals surface area contributed by atoms with Crippen LogP contribution in [0.1, 0.15) is 30.6 Å². The van der Waals surface area contributed by atoms with Crippen LogP contribution >= 0.6 is 15.9 Å². The van der Waals surface area contributed by atoms with Gasteiger partial charge in [-0.1, -0.05) is 6.07 Å². The molecule has 1 N–H and O–H groups in total. The van der Waals surface area contributed by atoms with Gasteiger partial charge < -0.3 is 10.2 Å². The van der Waals surface area contributed by atoms with Crippen LogP contribution in [0.4, 0.5) is 5.69 Å². The molecule has 0 atom stereocenters. The van der Waals surface area contributed by atoms with Gasteiger partial charge in [-0.2, -0.15) is 0 Å². The summed E-state index contributed by atoms with van der Waals surface area (Å²) in [6.45, 7) is 5.64. The fourth-order valence-electron chi connectivity index (χ4n) is 1.72. The van der Waals surface area contributed by atoms with Crippen LogP contribution in [0.15, 0.2) is 22.7 Å². The second-order valence-corrected chi connectivity index (χ2v) is 5.87. The number of carbonyl (C=O) groups excluding carboxylic acids is 1. The molecule has 0 radical (unpaired) electrons. The highest BCUT2D eigenvalue weighted by Gasteiger charge is 2.19. The highest BCUT2D eigenvalue weighted by Crippen LogP contribution is 2.28. The van der Waals surface area contributed by atoms with Crippen LogP contribution in [0, 0.1) is 10.1 Å². The first-order valence-corrected chi connectivity index (χ1v) is 7.55. The summed E-state index contributed by atoms with van der Waals surface area (Å²) in [6, 6.07) is 4.89. The van der Waals surface area contributed by atoms with Crippen LogP contribution in [0.3, 0.4) is 0 Å². The number of nitrogens with zero attached hydrogens (tertiary/aromatic N) is 2. The normalized spacial score (nSPS) is 11.0. The van der Waals surface area contributed by atoms with Gasteiger partial charge in [0.2, 0.25) is 0 Å². The number of nitrogens with one attached hydrogen (secondary N) is 1. The van der Waals surface area contributed by atoms with Gasteiger partial charge in [-0.3, -0.25) is 14.9 Å². The average Bonchev–Trinajstić information content (AvgIpc) is 2.42. The van der Waals surface area contributed by atoms with Crippen molar-refractivity contribution in [2.24, 2.45) is 0 Å². The molecule has 0 spiro atoms. The fourth-order valence-corrected chi connectivity index (χ4v) is 2.31. The number of nitro benzene ring substituents is 1. The van der Waals surface area contributed by atoms with Crippen LogP contribution in [0.25, 0.3) is 0 Å². The zero-order valence-electron chi connectivity index (χ0n) is 12.4. The molecule has 0 unspecified atom stereocenters. The van der Waals surface area contributed by atoms with Crippen molar-refractivity contribution >= 4 is 27.5 Å². The van der Waals surface area contributed by atoms with Crippen molar-refractivity contribution in [3.05, 3.63) is 38.3 Å². The first kappa shape index (κ1) is 17.6. The number of rotatable bonds is 7. The molecule has 0 fully saturated rings. The molecule has 7 heteroatoms. The van der Waals surface area contributed by atoms with E-state index in [1.165, 1.54) is 12.1 Å². The van der Waals surface area contributed by atoms with Crippen LogP contribution in [0.5, 0.6) is 0 Å². The van der Waals surface area contributed by atoms with Gasteiger partial charge in [-0.05, 0) is 55.9 Å². The Balaban J connectivity index is 2.57. The molecule has 0 saturated carbocycles. The first-order valence-electron chi connectivity index (χ1n) is 6.76. The van der Waals surface area contributed by atoms with E-state index < -0.39 is 4.92 Å². The molecule has 0 aromatic heterocycles. The summed E-state index contributed by atoms with van der Waals surface area (Å²) in [5.74, 6) is -0.308. The summed E-state index contributed by atoms with van der Waals surface area (Å²) in [4.78, 5) is 24.6. The van der Waals surface area contributed by atoms with Crippen molar-refractivity contribution in [3.63, 3.8) is 0 Å². The third-order valence-electron chi connectivity index (χ3n) is 3.27. The van der Waals surface area contributed by atoms with Crippen LogP contribution in [-0.2, 0) is 0 Å². The van der Waals surface area contributed by atoms with Crippen molar-refractivity contribution in [2.75, 3.05) is 20.1 Å². The summed E-state index contributed by atoms with van der Waals surface area (Å²) >= 11 is 3.12. The fraction of sp³-hybridized carbons (Fsp3) is 0.500. The second kappa shape index (κ2) is 8.09. The molecule has 6 nitrogen and oxygen atoms in total. The van der Waals surface area contributed by atoms with Gasteiger partial charge in [0.25, 0.3) is 11.6 Å². The number of halogens is 1. The van der Waals surface area contributed by atoms with Gasteiger partial charge in [0.15, 0.2) is 0 Å². The molecule has 0 saturated heterocycles. The van der Waals surface area contributed by atoms with Gasteiger partial charge in [0.1, 0.15) is 4.47 Å². The minimum absolute atomic E-state index is 0.109. The van der Waals surface area contributed by atoms with E-state index in [1.54, 1.807) is 6.07 Å². The van der Waals surface area contributed by atoms with Crippen molar-refractivity contribution in [1.82, 2.24) is 10.2 Å². The van der Waals surface area contributed by atoms with Crippen LogP contribution < -0.4 is 5.32 Å². The summed E-state index contributed by atoms with van der Waals surface area (Å²) in [7, 11) is 2.03. The standard InChI is InChI=1S/C14H20BrN3O3/c1-10(2)17(3)9-5-8-16-14(19)11-6-4-7-12(13(11)15)18(20)21/h4,6-7,10H,5,8-9H2,1-3H3,(H,16,19). The molecule has 0 bridgehead atoms. The van der Waals surface area contributed by atoms with Crippen molar-refractivity contribution in [2.45, 2.75) is 26.3 Å². The van der Waals surface area contributed by atoms with Gasteiger partial charge in [-0.15, -0.1) is 0 Å². The Morgan fingerprint density at radius 2 is 2.14 bits per heavy atom. The number of nitro groups is 1. The minimum atomic E-state index is -0.515. The number of hydrogen-bond acceptors (Lipinski definition) is 4. The van der Waals surface area contributed by atoms with E-state index in [-0.39, 0.29) is 21.6 Å². The molecular weight excluding hydrogens is 338 g/mol. The zero-order valence-corrected chi connectivity index (χ0v) is 14.0. The molecule has 1 aromatic carbocycles. The van der Waals surface area contributed by atoms with Crippen molar-refractivity contribution in [1.29, 1.82) is 0 Å². The molecule has 0 heterocycles. The average molecular weight is 358 g/mol. The molecule has 1 amide bonds. The Kier molecular flexibility index (Phi) is 6.77. The monoisotopic (exact) mass is 357 g/mol. The summed E-state index contributed by atoms with van der Waals surface area (Å²) in [6.07, 6.45) is 0.826. The molecule has 116 valence electrons. The van der Waals surface area contributed by atoms with E-state index >= 15 is 0 Å². The number of hydrogen-bond donors (Lipinski definition) is 1. The molecule has 0 aliphatic heterocycles. The Bertz CT molecular complexity index is 520. The van der Waals surface area contributed by atoms with Crippen LogP contribution in [0.2, 0.25) is 0 Å². The van der Waals surface area contributed by atoms with Gasteiger partial charge >= 0.3 is 0 Å². The second-order valence-electron chi connectivity index (χ2n) is 5.08. The first-order chi connectivity index (χ1) is 9.84. The lowest BCUT2D eigenvalue weighted by Crippen LogP contribution is -2.31. The predicted molar refractivity (Wildman–Crippen MR) is 85.5 cm³/mol. The van der Waals surface area contributed by atoms with E-state index in [0.717, 1.165) is 13.0 Å². The number of carbonyl (C=O) groups is 1. The Labute approximate surface area is 132 Å². The minimum Gasteiger partial charge on any atom is -0.352 e. The highest BCUT2D eigenvalue weighted by molar-refractivity contribution is 9.10. The van der Waals surface area contributed by atoms with Crippen molar-refractivity contribution in [3.8, 4) is 0 Å². The third-order valence-corrected chi connectivity index (χ3v) is 4.11. The number of benzene rings is 1. The Morgan fingerprint density at radius 1 is 1.48 bits per heavy atom. The van der Waals surface area contributed by atoms with Crippen molar-refractivity contribution < 1.29 is 9.72 Å².